The Kier molecular flexibility index (Phi) is 4.95. The van der Waals surface area contributed by atoms with Crippen LogP contribution in [0, 0.1) is 0 Å². The molecule has 3 fully saturated rings. The molecule has 3 atom stereocenters. The molecule has 5 nitrogen and oxygen atoms in total. The van der Waals surface area contributed by atoms with Gasteiger partial charge in [-0.25, -0.2) is 0 Å². The average Bonchev–Trinajstić information content (AvgIpc) is 2.90. The number of likely N-dealkylation sites (N-methyl/N-ethyl adjacent to an activating group) is 1. The van der Waals surface area contributed by atoms with Gasteiger partial charge in [-0.1, -0.05) is 18.2 Å². The van der Waals surface area contributed by atoms with Crippen molar-refractivity contribution in [2.24, 2.45) is 0 Å². The summed E-state index contributed by atoms with van der Waals surface area (Å²) < 4.78 is 5.68. The Labute approximate surface area is 132 Å². The zero-order chi connectivity index (χ0) is 15.4. The molecule has 3 saturated heterocycles. The minimum absolute atomic E-state index is 0.0259. The van der Waals surface area contributed by atoms with Crippen LogP contribution >= 0.6 is 0 Å². The van der Waals surface area contributed by atoms with Crippen LogP contribution in [0.3, 0.4) is 0 Å². The van der Waals surface area contributed by atoms with E-state index in [1.807, 2.05) is 42.3 Å². The fraction of sp³-hybridized carbons (Fsp3) is 0.588. The number of benzene rings is 1. The second-order valence-corrected chi connectivity index (χ2v) is 6.13. The van der Waals surface area contributed by atoms with Gasteiger partial charge in [0.25, 0.3) is 0 Å². The SMILES string of the molecule is CN(CCOc1ccccc1)C(=O)C1CN2CCCN1CC2. The molecule has 5 heteroatoms. The highest BCUT2D eigenvalue weighted by Gasteiger charge is 2.35. The molecule has 0 radical (unpaired) electrons. The summed E-state index contributed by atoms with van der Waals surface area (Å²) in [4.78, 5) is 19.3. The van der Waals surface area contributed by atoms with Crippen molar-refractivity contribution in [3.05, 3.63) is 30.3 Å². The Bertz CT molecular complexity index is 490. The minimum atomic E-state index is 0.0259. The van der Waals surface area contributed by atoms with Gasteiger partial charge in [0.15, 0.2) is 0 Å². The number of ether oxygens (including phenoxy) is 1. The molecule has 0 saturated carbocycles. The second-order valence-electron chi connectivity index (χ2n) is 6.13. The summed E-state index contributed by atoms with van der Waals surface area (Å²) in [5.74, 6) is 1.08. The molecular formula is C17H25N3O2. The zero-order valence-electron chi connectivity index (χ0n) is 13.3. The molecule has 0 spiro atoms. The second kappa shape index (κ2) is 7.11. The maximum absolute atomic E-state index is 12.7. The summed E-state index contributed by atoms with van der Waals surface area (Å²) in [6.07, 6.45) is 1.17. The fourth-order valence-electron chi connectivity index (χ4n) is 3.26. The van der Waals surface area contributed by atoms with Crippen molar-refractivity contribution in [1.29, 1.82) is 0 Å². The molecule has 4 rings (SSSR count). The monoisotopic (exact) mass is 303 g/mol. The largest absolute Gasteiger partial charge is 0.492 e. The van der Waals surface area contributed by atoms with Gasteiger partial charge in [-0.3, -0.25) is 14.6 Å². The Morgan fingerprint density at radius 1 is 1.23 bits per heavy atom. The van der Waals surface area contributed by atoms with Crippen LogP contribution in [0.4, 0.5) is 0 Å². The average molecular weight is 303 g/mol. The van der Waals surface area contributed by atoms with Gasteiger partial charge in [0.2, 0.25) is 5.91 Å². The van der Waals surface area contributed by atoms with Crippen molar-refractivity contribution in [3.8, 4) is 5.75 Å². The molecule has 1 aromatic carbocycles. The van der Waals surface area contributed by atoms with Crippen LogP contribution in [0.15, 0.2) is 30.3 Å². The summed E-state index contributed by atoms with van der Waals surface area (Å²) in [5.41, 5.74) is 0. The summed E-state index contributed by atoms with van der Waals surface area (Å²) >= 11 is 0. The molecule has 1 aromatic rings. The van der Waals surface area contributed by atoms with Crippen molar-refractivity contribution in [2.75, 3.05) is 52.9 Å². The minimum Gasteiger partial charge on any atom is -0.492 e. The van der Waals surface area contributed by atoms with Crippen LogP contribution in [-0.2, 0) is 4.79 Å². The third-order valence-corrected chi connectivity index (χ3v) is 4.59. The van der Waals surface area contributed by atoms with Gasteiger partial charge >= 0.3 is 0 Å². The lowest BCUT2D eigenvalue weighted by Crippen LogP contribution is -2.57. The molecule has 0 aliphatic carbocycles. The van der Waals surface area contributed by atoms with E-state index in [0.717, 1.165) is 38.5 Å². The van der Waals surface area contributed by atoms with E-state index in [2.05, 4.69) is 9.80 Å². The Morgan fingerprint density at radius 3 is 2.86 bits per heavy atom. The van der Waals surface area contributed by atoms with Crippen molar-refractivity contribution in [3.63, 3.8) is 0 Å². The van der Waals surface area contributed by atoms with E-state index in [0.29, 0.717) is 13.2 Å². The lowest BCUT2D eigenvalue weighted by Gasteiger charge is -2.38. The number of para-hydroxylation sites is 1. The van der Waals surface area contributed by atoms with E-state index >= 15 is 0 Å². The van der Waals surface area contributed by atoms with Gasteiger partial charge in [0, 0.05) is 33.2 Å². The first kappa shape index (κ1) is 15.3. The third kappa shape index (κ3) is 3.59. The van der Waals surface area contributed by atoms with Gasteiger partial charge in [-0.15, -0.1) is 0 Å². The van der Waals surface area contributed by atoms with Gasteiger partial charge in [-0.05, 0) is 25.1 Å². The number of hydrogen-bond acceptors (Lipinski definition) is 4. The van der Waals surface area contributed by atoms with Crippen LogP contribution in [0.25, 0.3) is 0 Å². The number of hydrogen-bond donors (Lipinski definition) is 0. The van der Waals surface area contributed by atoms with Gasteiger partial charge < -0.3 is 9.64 Å². The van der Waals surface area contributed by atoms with Crippen LogP contribution < -0.4 is 4.74 Å². The number of rotatable bonds is 5. The van der Waals surface area contributed by atoms with E-state index in [1.54, 1.807) is 0 Å². The highest BCUT2D eigenvalue weighted by molar-refractivity contribution is 5.82. The first-order chi connectivity index (χ1) is 10.7. The predicted octanol–water partition coefficient (Wildman–Crippen LogP) is 0.914. The summed E-state index contributed by atoms with van der Waals surface area (Å²) in [5, 5.41) is 0. The topological polar surface area (TPSA) is 36.0 Å². The molecular weight excluding hydrogens is 278 g/mol. The lowest BCUT2D eigenvalue weighted by atomic mass is 10.1. The number of amides is 1. The molecule has 3 aliphatic rings. The molecule has 3 aliphatic heterocycles. The number of piperazine rings is 1. The smallest absolute Gasteiger partial charge is 0.241 e. The molecule has 3 unspecified atom stereocenters. The van der Waals surface area contributed by atoms with Crippen molar-refractivity contribution < 1.29 is 9.53 Å². The predicted molar refractivity (Wildman–Crippen MR) is 86.0 cm³/mol. The van der Waals surface area contributed by atoms with E-state index < -0.39 is 0 Å². The normalized spacial score (nSPS) is 27.2. The van der Waals surface area contributed by atoms with Crippen molar-refractivity contribution in [1.82, 2.24) is 14.7 Å². The summed E-state index contributed by atoms with van der Waals surface area (Å²) in [6, 6.07) is 9.77. The number of carbonyl (C=O) groups is 1. The van der Waals surface area contributed by atoms with Gasteiger partial charge in [-0.2, -0.15) is 0 Å². The first-order valence-electron chi connectivity index (χ1n) is 8.13. The summed E-state index contributed by atoms with van der Waals surface area (Å²) in [7, 11) is 1.88. The Morgan fingerprint density at radius 2 is 2.05 bits per heavy atom. The van der Waals surface area contributed by atoms with Crippen LogP contribution in [-0.4, -0.2) is 79.6 Å². The lowest BCUT2D eigenvalue weighted by molar-refractivity contribution is -0.137. The molecule has 22 heavy (non-hydrogen) atoms. The van der Waals surface area contributed by atoms with Crippen LogP contribution in [0.5, 0.6) is 5.75 Å². The molecule has 1 amide bonds. The van der Waals surface area contributed by atoms with E-state index in [4.69, 9.17) is 4.74 Å². The quantitative estimate of drug-likeness (QED) is 0.810. The molecule has 0 aromatic heterocycles. The van der Waals surface area contributed by atoms with Gasteiger partial charge in [0.1, 0.15) is 18.4 Å². The highest BCUT2D eigenvalue weighted by Crippen LogP contribution is 2.17. The number of nitrogens with zero attached hydrogens (tertiary/aromatic N) is 3. The van der Waals surface area contributed by atoms with E-state index in [-0.39, 0.29) is 11.9 Å². The zero-order valence-corrected chi connectivity index (χ0v) is 13.3. The van der Waals surface area contributed by atoms with Crippen molar-refractivity contribution >= 4 is 5.91 Å². The fourth-order valence-corrected chi connectivity index (χ4v) is 3.26. The van der Waals surface area contributed by atoms with Crippen LogP contribution in [0.1, 0.15) is 6.42 Å². The Hall–Kier alpha value is -1.59. The maximum atomic E-state index is 12.7. The number of fused-ring (bicyclic) bond motifs is 4. The molecule has 120 valence electrons. The van der Waals surface area contributed by atoms with E-state index in [1.165, 1.54) is 6.42 Å². The maximum Gasteiger partial charge on any atom is 0.241 e. The first-order valence-corrected chi connectivity index (χ1v) is 8.13. The highest BCUT2D eigenvalue weighted by atomic mass is 16.5. The van der Waals surface area contributed by atoms with E-state index in [9.17, 15) is 4.79 Å². The summed E-state index contributed by atoms with van der Waals surface area (Å²) in [6.45, 7) is 6.32. The third-order valence-electron chi connectivity index (χ3n) is 4.59. The van der Waals surface area contributed by atoms with Gasteiger partial charge in [0.05, 0.1) is 6.54 Å². The van der Waals surface area contributed by atoms with Crippen LogP contribution in [0.2, 0.25) is 0 Å². The molecule has 2 bridgehead atoms. The molecule has 0 N–H and O–H groups in total. The standard InChI is InChI=1S/C17H25N3O2/c1-18(12-13-22-15-6-3-2-4-7-15)17(21)16-14-19-8-5-9-20(16)11-10-19/h2-4,6-7,16H,5,8-14H2,1H3. The van der Waals surface area contributed by atoms with Crippen molar-refractivity contribution in [2.45, 2.75) is 12.5 Å². The Balaban J connectivity index is 1.49. The number of carbonyl (C=O) groups excluding carboxylic acids is 1. The molecule has 3 heterocycles.